The predicted molar refractivity (Wildman–Crippen MR) is 125 cm³/mol. The number of benzene rings is 1. The maximum absolute atomic E-state index is 13.4. The van der Waals surface area contributed by atoms with Gasteiger partial charge < -0.3 is 19.5 Å². The van der Waals surface area contributed by atoms with E-state index in [2.05, 4.69) is 18.8 Å². The zero-order chi connectivity index (χ0) is 22.9. The summed E-state index contributed by atoms with van der Waals surface area (Å²) < 4.78 is 7.42. The molecule has 1 N–H and O–H groups in total. The first kappa shape index (κ1) is 21.7. The van der Waals surface area contributed by atoms with Crippen LogP contribution in [0, 0.1) is 5.92 Å². The van der Waals surface area contributed by atoms with Crippen molar-refractivity contribution in [1.82, 2.24) is 24.6 Å². The van der Waals surface area contributed by atoms with Crippen molar-refractivity contribution < 1.29 is 14.3 Å². The van der Waals surface area contributed by atoms with Gasteiger partial charge in [0.1, 0.15) is 5.69 Å². The van der Waals surface area contributed by atoms with Crippen molar-refractivity contribution in [3.63, 3.8) is 0 Å². The number of aromatic nitrogens is 3. The van der Waals surface area contributed by atoms with Gasteiger partial charge in [-0.2, -0.15) is 5.10 Å². The summed E-state index contributed by atoms with van der Waals surface area (Å²) in [6.07, 6.45) is 1.69. The third kappa shape index (κ3) is 4.27. The van der Waals surface area contributed by atoms with Gasteiger partial charge in [0.25, 0.3) is 11.8 Å². The van der Waals surface area contributed by atoms with Crippen molar-refractivity contribution in [3.05, 3.63) is 53.0 Å². The largest absolute Gasteiger partial charge is 0.378 e. The number of carbonyl (C=O) groups excluding carboxylic acids is 2. The molecular formula is C25H31N5O3. The van der Waals surface area contributed by atoms with Crippen LogP contribution < -0.4 is 0 Å². The second-order valence-corrected chi connectivity index (χ2v) is 9.33. The Morgan fingerprint density at radius 3 is 2.64 bits per heavy atom. The van der Waals surface area contributed by atoms with Crippen LogP contribution in [0.2, 0.25) is 0 Å². The van der Waals surface area contributed by atoms with E-state index >= 15 is 0 Å². The molecule has 2 aliphatic rings. The quantitative estimate of drug-likeness (QED) is 0.649. The number of morpholine rings is 1. The number of H-pyrrole nitrogens is 1. The van der Waals surface area contributed by atoms with E-state index in [4.69, 9.17) is 9.84 Å². The summed E-state index contributed by atoms with van der Waals surface area (Å²) in [6, 6.07) is 9.79. The third-order valence-electron chi connectivity index (χ3n) is 6.60. The van der Waals surface area contributed by atoms with Gasteiger partial charge >= 0.3 is 0 Å². The van der Waals surface area contributed by atoms with E-state index in [1.807, 2.05) is 44.8 Å². The van der Waals surface area contributed by atoms with Crippen LogP contribution in [0.3, 0.4) is 0 Å². The van der Waals surface area contributed by atoms with Crippen LogP contribution in [0.25, 0.3) is 10.9 Å². The summed E-state index contributed by atoms with van der Waals surface area (Å²) >= 11 is 0. The van der Waals surface area contributed by atoms with Crippen LogP contribution in [0.15, 0.2) is 30.3 Å². The maximum Gasteiger partial charge on any atom is 0.274 e. The number of amides is 2. The van der Waals surface area contributed by atoms with E-state index in [9.17, 15) is 9.59 Å². The second-order valence-electron chi connectivity index (χ2n) is 9.33. The number of aromatic amines is 1. The number of rotatable bonds is 5. The number of carbonyl (C=O) groups is 2. The molecule has 2 aliphatic heterocycles. The molecule has 8 nitrogen and oxygen atoms in total. The minimum absolute atomic E-state index is 0.0449. The maximum atomic E-state index is 13.4. The Balaban J connectivity index is 1.44. The fourth-order valence-corrected chi connectivity index (χ4v) is 4.68. The number of nitrogens with zero attached hydrogens (tertiary/aromatic N) is 4. The Hall–Kier alpha value is -3.13. The molecule has 0 radical (unpaired) electrons. The van der Waals surface area contributed by atoms with Gasteiger partial charge in [-0.25, -0.2) is 0 Å². The highest BCUT2D eigenvalue weighted by Gasteiger charge is 2.33. The van der Waals surface area contributed by atoms with E-state index in [1.54, 1.807) is 0 Å². The number of nitrogens with one attached hydrogen (secondary N) is 1. The molecule has 1 aromatic carbocycles. The molecule has 1 saturated heterocycles. The van der Waals surface area contributed by atoms with Crippen LogP contribution >= 0.6 is 0 Å². The highest BCUT2D eigenvalue weighted by atomic mass is 16.5. The Morgan fingerprint density at radius 1 is 1.09 bits per heavy atom. The number of aryl methyl sites for hydroxylation is 1. The standard InChI is InChI=1S/C25H31N5O3/c1-17(2)7-10-30-22-8-9-29(24(31)21-15-18-5-3-4-6-20(18)26-21)16-19(22)23(27-30)25(32)28-11-13-33-14-12-28/h3-6,15,17,26H,7-14,16H2,1-2H3. The van der Waals surface area contributed by atoms with Gasteiger partial charge in [0, 0.05) is 54.8 Å². The lowest BCUT2D eigenvalue weighted by atomic mass is 10.0. The Labute approximate surface area is 193 Å². The Morgan fingerprint density at radius 2 is 1.88 bits per heavy atom. The van der Waals surface area contributed by atoms with E-state index in [1.165, 1.54) is 0 Å². The molecule has 0 atom stereocenters. The fraction of sp³-hybridized carbons (Fsp3) is 0.480. The fourth-order valence-electron chi connectivity index (χ4n) is 4.68. The lowest BCUT2D eigenvalue weighted by molar-refractivity contribution is 0.0296. The molecular weight excluding hydrogens is 418 g/mol. The molecule has 0 saturated carbocycles. The molecule has 33 heavy (non-hydrogen) atoms. The number of hydrogen-bond acceptors (Lipinski definition) is 4. The number of ether oxygens (including phenoxy) is 1. The van der Waals surface area contributed by atoms with Crippen molar-refractivity contribution in [1.29, 1.82) is 0 Å². The molecule has 8 heteroatoms. The molecule has 0 bridgehead atoms. The van der Waals surface area contributed by atoms with E-state index in [0.29, 0.717) is 63.1 Å². The number of hydrogen-bond donors (Lipinski definition) is 1. The summed E-state index contributed by atoms with van der Waals surface area (Å²) in [5.74, 6) is 0.446. The molecule has 4 heterocycles. The molecule has 2 amide bonds. The first-order chi connectivity index (χ1) is 16.0. The van der Waals surface area contributed by atoms with Crippen molar-refractivity contribution in [2.24, 2.45) is 5.92 Å². The smallest absolute Gasteiger partial charge is 0.274 e. The lowest BCUT2D eigenvalue weighted by Crippen LogP contribution is -2.42. The van der Waals surface area contributed by atoms with E-state index in [-0.39, 0.29) is 11.8 Å². The number of fused-ring (bicyclic) bond motifs is 2. The minimum Gasteiger partial charge on any atom is -0.378 e. The number of para-hydroxylation sites is 1. The van der Waals surface area contributed by atoms with Gasteiger partial charge in [-0.1, -0.05) is 32.0 Å². The van der Waals surface area contributed by atoms with Crippen LogP contribution in [0.4, 0.5) is 0 Å². The van der Waals surface area contributed by atoms with Gasteiger partial charge in [0.05, 0.1) is 19.8 Å². The first-order valence-corrected chi connectivity index (χ1v) is 11.8. The minimum atomic E-state index is -0.0576. The molecule has 3 aromatic rings. The topological polar surface area (TPSA) is 83.5 Å². The van der Waals surface area contributed by atoms with Crippen LogP contribution in [-0.4, -0.2) is 69.2 Å². The van der Waals surface area contributed by atoms with Gasteiger partial charge in [0.2, 0.25) is 0 Å². The van der Waals surface area contributed by atoms with Gasteiger partial charge in [-0.15, -0.1) is 0 Å². The monoisotopic (exact) mass is 449 g/mol. The Bertz CT molecular complexity index is 1140. The van der Waals surface area contributed by atoms with Gasteiger partial charge in [-0.05, 0) is 24.5 Å². The molecule has 1 fully saturated rings. The predicted octanol–water partition coefficient (Wildman–Crippen LogP) is 3.08. The first-order valence-electron chi connectivity index (χ1n) is 11.8. The van der Waals surface area contributed by atoms with E-state index in [0.717, 1.165) is 35.1 Å². The van der Waals surface area contributed by atoms with Crippen LogP contribution in [0.1, 0.15) is 52.5 Å². The highest BCUT2D eigenvalue weighted by Crippen LogP contribution is 2.27. The molecule has 0 aliphatic carbocycles. The van der Waals surface area contributed by atoms with Crippen LogP contribution in [0.5, 0.6) is 0 Å². The lowest BCUT2D eigenvalue weighted by Gasteiger charge is -2.29. The molecule has 174 valence electrons. The molecule has 2 aromatic heterocycles. The van der Waals surface area contributed by atoms with E-state index < -0.39 is 0 Å². The van der Waals surface area contributed by atoms with Crippen molar-refractivity contribution in [3.8, 4) is 0 Å². The van der Waals surface area contributed by atoms with Crippen molar-refractivity contribution in [2.45, 2.75) is 39.8 Å². The average Bonchev–Trinajstić information content (AvgIpc) is 3.43. The van der Waals surface area contributed by atoms with Crippen molar-refractivity contribution >= 4 is 22.7 Å². The summed E-state index contributed by atoms with van der Waals surface area (Å²) in [6.45, 7) is 8.42. The summed E-state index contributed by atoms with van der Waals surface area (Å²) in [5, 5.41) is 5.80. The molecule has 0 unspecified atom stereocenters. The normalized spacial score (nSPS) is 16.5. The van der Waals surface area contributed by atoms with Crippen molar-refractivity contribution in [2.75, 3.05) is 32.8 Å². The van der Waals surface area contributed by atoms with Gasteiger partial charge in [-0.3, -0.25) is 14.3 Å². The zero-order valence-corrected chi connectivity index (χ0v) is 19.3. The highest BCUT2D eigenvalue weighted by molar-refractivity contribution is 5.98. The SMILES string of the molecule is CC(C)CCn1nc(C(=O)N2CCOCC2)c2c1CCN(C(=O)c1cc3ccccc3[nH]1)C2. The average molecular weight is 450 g/mol. The van der Waals surface area contributed by atoms with Gasteiger partial charge in [0.15, 0.2) is 5.69 Å². The summed E-state index contributed by atoms with van der Waals surface area (Å²) in [4.78, 5) is 33.6. The molecule has 0 spiro atoms. The van der Waals surface area contributed by atoms with Crippen LogP contribution in [-0.2, 0) is 24.2 Å². The summed E-state index contributed by atoms with van der Waals surface area (Å²) in [7, 11) is 0. The third-order valence-corrected chi connectivity index (χ3v) is 6.60. The molecule has 5 rings (SSSR count). The second kappa shape index (κ2) is 9.02. The zero-order valence-electron chi connectivity index (χ0n) is 19.3. The summed E-state index contributed by atoms with van der Waals surface area (Å²) in [5.41, 5.74) is 4.00. The Kier molecular flexibility index (Phi) is 5.93.